The Balaban J connectivity index is 2.04. The van der Waals surface area contributed by atoms with Gasteiger partial charge in [-0.2, -0.15) is 8.78 Å². The second kappa shape index (κ2) is 8.77. The fraction of sp³-hybridized carbons (Fsp3) is 0.222. The fourth-order valence-corrected chi connectivity index (χ4v) is 2.08. The molecule has 1 amide bonds. The maximum Gasteiger partial charge on any atom is 0.407 e. The van der Waals surface area contributed by atoms with E-state index in [0.717, 1.165) is 22.4 Å². The second-order valence-electron chi connectivity index (χ2n) is 5.30. The Kier molecular flexibility index (Phi) is 6.45. The molecular weight excluding hydrogens is 330 g/mol. The van der Waals surface area contributed by atoms with Gasteiger partial charge in [-0.05, 0) is 37.1 Å². The van der Waals surface area contributed by atoms with Gasteiger partial charge in [0.15, 0.2) is 0 Å². The van der Waals surface area contributed by atoms with Crippen molar-refractivity contribution >= 4 is 17.8 Å². The number of anilines is 1. The molecule has 0 aromatic heterocycles. The van der Waals surface area contributed by atoms with Crippen LogP contribution in [0.1, 0.15) is 16.7 Å². The van der Waals surface area contributed by atoms with Crippen molar-refractivity contribution in [2.45, 2.75) is 27.1 Å². The van der Waals surface area contributed by atoms with Crippen LogP contribution in [0.25, 0.3) is 0 Å². The third kappa shape index (κ3) is 5.87. The summed E-state index contributed by atoms with van der Waals surface area (Å²) in [5.41, 5.74) is 3.32. The van der Waals surface area contributed by atoms with Gasteiger partial charge in [-0.3, -0.25) is 4.79 Å². The van der Waals surface area contributed by atoms with Gasteiger partial charge in [0.1, 0.15) is 18.6 Å². The number of rotatable bonds is 7. The first-order valence-electron chi connectivity index (χ1n) is 7.52. The topological polar surface area (TPSA) is 59.9 Å². The number of halogens is 2. The molecule has 0 aliphatic rings. The highest BCUT2D eigenvalue weighted by molar-refractivity contribution is 6.31. The minimum Gasteiger partial charge on any atom is -0.489 e. The van der Waals surface area contributed by atoms with E-state index < -0.39 is 12.5 Å². The molecule has 0 aliphatic heterocycles. The van der Waals surface area contributed by atoms with E-state index in [4.69, 9.17) is 4.74 Å². The van der Waals surface area contributed by atoms with Crippen LogP contribution in [0.15, 0.2) is 47.6 Å². The van der Waals surface area contributed by atoms with Crippen LogP contribution in [0.5, 0.6) is 5.75 Å². The standard InChI is InChI=1S/C18H18F2N2O3/c1-12-7-8-13(2)16(9-12)24-11-14-5-3-4-6-15(14)22-17(23)10-21-25-18(19)20/h3-10,18H,11H2,1-2H3,(H,22,23). The average molecular weight is 348 g/mol. The van der Waals surface area contributed by atoms with E-state index in [1.807, 2.05) is 38.1 Å². The van der Waals surface area contributed by atoms with Gasteiger partial charge in [0.2, 0.25) is 0 Å². The minimum absolute atomic E-state index is 0.241. The Morgan fingerprint density at radius 1 is 1.24 bits per heavy atom. The van der Waals surface area contributed by atoms with Crippen LogP contribution in [0, 0.1) is 13.8 Å². The molecule has 5 nitrogen and oxygen atoms in total. The smallest absolute Gasteiger partial charge is 0.407 e. The summed E-state index contributed by atoms with van der Waals surface area (Å²) in [5.74, 6) is 0.0767. The van der Waals surface area contributed by atoms with Crippen LogP contribution in [0.4, 0.5) is 14.5 Å². The molecule has 0 saturated carbocycles. The number of hydrogen-bond acceptors (Lipinski definition) is 4. The molecule has 0 fully saturated rings. The maximum absolute atomic E-state index is 11.8. The van der Waals surface area contributed by atoms with Crippen LogP contribution >= 0.6 is 0 Å². The average Bonchev–Trinajstić information content (AvgIpc) is 2.56. The Morgan fingerprint density at radius 3 is 2.76 bits per heavy atom. The second-order valence-corrected chi connectivity index (χ2v) is 5.30. The zero-order chi connectivity index (χ0) is 18.2. The van der Waals surface area contributed by atoms with Crippen LogP contribution in [-0.4, -0.2) is 18.7 Å². The highest BCUT2D eigenvalue weighted by atomic mass is 19.3. The molecule has 0 spiro atoms. The van der Waals surface area contributed by atoms with Crippen LogP contribution in [0.3, 0.4) is 0 Å². The van der Waals surface area contributed by atoms with Gasteiger partial charge >= 0.3 is 6.61 Å². The molecule has 2 rings (SSSR count). The number of carbonyl (C=O) groups excluding carboxylic acids is 1. The van der Waals surface area contributed by atoms with Crippen molar-refractivity contribution in [1.29, 1.82) is 0 Å². The Morgan fingerprint density at radius 2 is 2.00 bits per heavy atom. The lowest BCUT2D eigenvalue weighted by Crippen LogP contribution is -2.15. The number of aryl methyl sites for hydroxylation is 2. The summed E-state index contributed by atoms with van der Waals surface area (Å²) in [6, 6.07) is 12.9. The largest absolute Gasteiger partial charge is 0.489 e. The zero-order valence-corrected chi connectivity index (χ0v) is 13.8. The minimum atomic E-state index is -3.07. The highest BCUT2D eigenvalue weighted by Crippen LogP contribution is 2.22. The summed E-state index contributed by atoms with van der Waals surface area (Å²) in [6.07, 6.45) is 0.647. The normalized spacial score (nSPS) is 10.9. The molecule has 2 aromatic carbocycles. The molecule has 0 atom stereocenters. The molecule has 7 heteroatoms. The number of nitrogens with one attached hydrogen (secondary N) is 1. The number of nitrogens with zero attached hydrogens (tertiary/aromatic N) is 1. The molecule has 1 N–H and O–H groups in total. The quantitative estimate of drug-likeness (QED) is 0.607. The third-order valence-electron chi connectivity index (χ3n) is 3.31. The first-order chi connectivity index (χ1) is 12.0. The Bertz CT molecular complexity index is 764. The SMILES string of the molecule is Cc1ccc(C)c(OCc2ccccc2NC(=O)C=NOC(F)F)c1. The molecule has 25 heavy (non-hydrogen) atoms. The van der Waals surface area contributed by atoms with Crippen molar-refractivity contribution in [3.63, 3.8) is 0 Å². The van der Waals surface area contributed by atoms with Gasteiger partial charge < -0.3 is 14.9 Å². The van der Waals surface area contributed by atoms with E-state index in [1.54, 1.807) is 18.2 Å². The number of benzene rings is 2. The molecule has 0 aliphatic carbocycles. The number of carbonyl (C=O) groups is 1. The first kappa shape index (κ1) is 18.4. The van der Waals surface area contributed by atoms with Gasteiger partial charge in [0.05, 0.1) is 0 Å². The van der Waals surface area contributed by atoms with Crippen molar-refractivity contribution in [3.05, 3.63) is 59.2 Å². The summed E-state index contributed by atoms with van der Waals surface area (Å²) in [6.45, 7) is 1.09. The molecule has 0 saturated heterocycles. The van der Waals surface area contributed by atoms with Gasteiger partial charge in [0, 0.05) is 11.3 Å². The number of ether oxygens (including phenoxy) is 1. The third-order valence-corrected chi connectivity index (χ3v) is 3.31. The van der Waals surface area contributed by atoms with Crippen LogP contribution in [-0.2, 0) is 16.2 Å². The lowest BCUT2D eigenvalue weighted by atomic mass is 10.1. The summed E-state index contributed by atoms with van der Waals surface area (Å²) < 4.78 is 29.5. The molecule has 0 radical (unpaired) electrons. The van der Waals surface area contributed by atoms with Crippen molar-refractivity contribution in [1.82, 2.24) is 0 Å². The fourth-order valence-electron chi connectivity index (χ4n) is 2.08. The molecular formula is C18H18F2N2O3. The van der Waals surface area contributed by atoms with Crippen LogP contribution in [0.2, 0.25) is 0 Å². The summed E-state index contributed by atoms with van der Waals surface area (Å²) >= 11 is 0. The van der Waals surface area contributed by atoms with Crippen molar-refractivity contribution in [2.24, 2.45) is 5.16 Å². The molecule has 2 aromatic rings. The lowest BCUT2D eigenvalue weighted by molar-refractivity contribution is -0.128. The number of amides is 1. The molecule has 0 heterocycles. The number of hydrogen-bond donors (Lipinski definition) is 1. The Labute approximate surface area is 144 Å². The van der Waals surface area contributed by atoms with E-state index in [9.17, 15) is 13.6 Å². The molecule has 132 valence electrons. The van der Waals surface area contributed by atoms with Gasteiger partial charge in [-0.1, -0.05) is 35.5 Å². The summed E-state index contributed by atoms with van der Waals surface area (Å²) in [7, 11) is 0. The van der Waals surface area contributed by atoms with Crippen molar-refractivity contribution < 1.29 is 23.1 Å². The number of alkyl halides is 2. The lowest BCUT2D eigenvalue weighted by Gasteiger charge is -2.13. The molecule has 0 unspecified atom stereocenters. The van der Waals surface area contributed by atoms with Crippen LogP contribution < -0.4 is 10.1 Å². The number of para-hydroxylation sites is 1. The highest BCUT2D eigenvalue weighted by Gasteiger charge is 2.08. The van der Waals surface area contributed by atoms with E-state index in [-0.39, 0.29) is 6.61 Å². The van der Waals surface area contributed by atoms with E-state index in [0.29, 0.717) is 11.9 Å². The van der Waals surface area contributed by atoms with E-state index in [2.05, 4.69) is 15.3 Å². The predicted molar refractivity (Wildman–Crippen MR) is 90.9 cm³/mol. The van der Waals surface area contributed by atoms with Crippen molar-refractivity contribution in [3.8, 4) is 5.75 Å². The van der Waals surface area contributed by atoms with Gasteiger partial charge in [-0.15, -0.1) is 0 Å². The van der Waals surface area contributed by atoms with E-state index >= 15 is 0 Å². The summed E-state index contributed by atoms with van der Waals surface area (Å²) in [4.78, 5) is 15.4. The predicted octanol–water partition coefficient (Wildman–Crippen LogP) is 4.05. The Hall–Kier alpha value is -2.96. The van der Waals surface area contributed by atoms with E-state index in [1.165, 1.54) is 0 Å². The zero-order valence-electron chi connectivity index (χ0n) is 13.8. The van der Waals surface area contributed by atoms with Crippen molar-refractivity contribution in [2.75, 3.05) is 5.32 Å². The number of oxime groups is 1. The maximum atomic E-state index is 11.8. The van der Waals surface area contributed by atoms with Gasteiger partial charge in [-0.25, -0.2) is 0 Å². The monoisotopic (exact) mass is 348 g/mol. The first-order valence-corrected chi connectivity index (χ1v) is 7.52. The van der Waals surface area contributed by atoms with Gasteiger partial charge in [0.25, 0.3) is 5.91 Å². The molecule has 0 bridgehead atoms. The summed E-state index contributed by atoms with van der Waals surface area (Å²) in [5, 5.41) is 5.45.